The first-order valence-corrected chi connectivity index (χ1v) is 13.6. The number of rotatable bonds is 8. The summed E-state index contributed by atoms with van der Waals surface area (Å²) in [6.07, 6.45) is 24.1. The van der Waals surface area contributed by atoms with Gasteiger partial charge in [0.1, 0.15) is 0 Å². The molecule has 0 radical (unpaired) electrons. The van der Waals surface area contributed by atoms with Crippen molar-refractivity contribution in [2.75, 3.05) is 5.75 Å². The number of unbranched alkanes of at least 4 members (excludes halogenated alkanes) is 1. The summed E-state index contributed by atoms with van der Waals surface area (Å²) in [5, 5.41) is 0. The van der Waals surface area contributed by atoms with Gasteiger partial charge in [-0.3, -0.25) is 4.21 Å². The molecule has 3 rings (SSSR count). The normalized spacial score (nSPS) is 31.2. The number of hydrogen-bond acceptors (Lipinski definition) is 1. The van der Waals surface area contributed by atoms with Crippen molar-refractivity contribution in [3.05, 3.63) is 58.1 Å². The highest BCUT2D eigenvalue weighted by molar-refractivity contribution is 7.88. The molecular formula is C28H42OS. The third-order valence-electron chi connectivity index (χ3n) is 7.73. The summed E-state index contributed by atoms with van der Waals surface area (Å²) in [6, 6.07) is 0. The predicted octanol–water partition coefficient (Wildman–Crippen LogP) is 8.34. The van der Waals surface area contributed by atoms with Crippen LogP contribution in [0.2, 0.25) is 0 Å². The van der Waals surface area contributed by atoms with Gasteiger partial charge in [0.2, 0.25) is 0 Å². The third kappa shape index (κ3) is 5.55. The molecule has 3 atom stereocenters. The molecule has 2 heteroatoms. The molecule has 3 unspecified atom stereocenters. The van der Waals surface area contributed by atoms with Crippen molar-refractivity contribution in [3.8, 4) is 0 Å². The summed E-state index contributed by atoms with van der Waals surface area (Å²) in [5.74, 6) is 1.50. The topological polar surface area (TPSA) is 17.1 Å². The van der Waals surface area contributed by atoms with Gasteiger partial charge in [-0.2, -0.15) is 0 Å². The number of fused-ring (bicyclic) bond motifs is 1. The van der Waals surface area contributed by atoms with E-state index in [1.807, 2.05) is 6.92 Å². The Labute approximate surface area is 188 Å². The van der Waals surface area contributed by atoms with Crippen LogP contribution in [0.1, 0.15) is 97.8 Å². The fourth-order valence-electron chi connectivity index (χ4n) is 5.65. The van der Waals surface area contributed by atoms with Crippen LogP contribution in [0.5, 0.6) is 0 Å². The molecule has 1 nitrogen and oxygen atoms in total. The Morgan fingerprint density at radius 2 is 2.03 bits per heavy atom. The summed E-state index contributed by atoms with van der Waals surface area (Å²) in [6.45, 7) is 11.0. The lowest BCUT2D eigenvalue weighted by Gasteiger charge is -2.41. The SMILES string of the molecule is C=C1CCCC/C1=C/C=C1\CCCC2(C)C(CC/C=C(\C)S(=O)CCCC)=CCC12. The molecule has 0 amide bonds. The highest BCUT2D eigenvalue weighted by Crippen LogP contribution is 2.55. The Morgan fingerprint density at radius 1 is 1.23 bits per heavy atom. The zero-order valence-corrected chi connectivity index (χ0v) is 20.4. The zero-order valence-electron chi connectivity index (χ0n) is 19.6. The number of allylic oxidation sites excluding steroid dienone is 9. The molecule has 0 N–H and O–H groups in total. The average Bonchev–Trinajstić information content (AvgIpc) is 3.08. The largest absolute Gasteiger partial charge is 0.255 e. The van der Waals surface area contributed by atoms with Crippen LogP contribution in [0, 0.1) is 11.3 Å². The molecule has 0 spiro atoms. The Morgan fingerprint density at radius 3 is 2.80 bits per heavy atom. The minimum absolute atomic E-state index is 0.329. The second-order valence-electron chi connectivity index (χ2n) is 9.79. The molecule has 0 aliphatic heterocycles. The third-order valence-corrected chi connectivity index (χ3v) is 9.27. The standard InChI is InChI=1S/C28H42OS/c1-5-6-21-30(29)23(3)12-9-15-26-18-19-27-25(14-10-20-28(26,27)4)17-16-24-13-8-7-11-22(24)2/h12,16-18,27H,2,5-11,13-15,19-21H2,1,3-4H3/b23-12+,24-16-,25-17+. The van der Waals surface area contributed by atoms with Crippen molar-refractivity contribution in [2.45, 2.75) is 97.8 Å². The molecular weight excluding hydrogens is 384 g/mol. The molecule has 0 aromatic carbocycles. The van der Waals surface area contributed by atoms with E-state index in [0.717, 1.165) is 36.3 Å². The van der Waals surface area contributed by atoms with E-state index in [2.05, 4.69) is 44.7 Å². The first kappa shape index (κ1) is 23.5. The summed E-state index contributed by atoms with van der Waals surface area (Å²) in [4.78, 5) is 1.08. The van der Waals surface area contributed by atoms with Crippen LogP contribution < -0.4 is 0 Å². The lowest BCUT2D eigenvalue weighted by molar-refractivity contribution is 0.229. The second kappa shape index (κ2) is 10.9. The fourth-order valence-corrected chi connectivity index (χ4v) is 6.83. The minimum Gasteiger partial charge on any atom is -0.255 e. The fraction of sp³-hybridized carbons (Fsp3) is 0.643. The van der Waals surface area contributed by atoms with E-state index in [9.17, 15) is 4.21 Å². The molecule has 166 valence electrons. The molecule has 2 fully saturated rings. The second-order valence-corrected chi connectivity index (χ2v) is 11.5. The average molecular weight is 427 g/mol. The predicted molar refractivity (Wildman–Crippen MR) is 133 cm³/mol. The number of hydrogen-bond donors (Lipinski definition) is 0. The van der Waals surface area contributed by atoms with E-state index in [1.165, 1.54) is 62.5 Å². The van der Waals surface area contributed by atoms with E-state index >= 15 is 0 Å². The van der Waals surface area contributed by atoms with E-state index in [-0.39, 0.29) is 0 Å². The molecule has 0 saturated heterocycles. The smallest absolute Gasteiger partial charge is 0.0482 e. The van der Waals surface area contributed by atoms with Gasteiger partial charge in [0.05, 0.1) is 0 Å². The molecule has 0 aromatic rings. The maximum absolute atomic E-state index is 12.3. The summed E-state index contributed by atoms with van der Waals surface area (Å²) in [5.41, 5.74) is 6.49. The van der Waals surface area contributed by atoms with Gasteiger partial charge in [-0.15, -0.1) is 0 Å². The first-order valence-electron chi connectivity index (χ1n) is 12.3. The summed E-state index contributed by atoms with van der Waals surface area (Å²) >= 11 is 0. The van der Waals surface area contributed by atoms with Crippen molar-refractivity contribution < 1.29 is 4.21 Å². The van der Waals surface area contributed by atoms with Crippen LogP contribution in [0.25, 0.3) is 0 Å². The van der Waals surface area contributed by atoms with E-state index in [1.54, 1.807) is 11.1 Å². The quantitative estimate of drug-likeness (QED) is 0.356. The Hall–Kier alpha value is -1.15. The maximum atomic E-state index is 12.3. The van der Waals surface area contributed by atoms with Gasteiger partial charge in [-0.05, 0) is 94.5 Å². The van der Waals surface area contributed by atoms with Gasteiger partial charge in [0.15, 0.2) is 0 Å². The van der Waals surface area contributed by atoms with E-state index in [0.29, 0.717) is 11.3 Å². The van der Waals surface area contributed by atoms with Crippen molar-refractivity contribution in [1.29, 1.82) is 0 Å². The summed E-state index contributed by atoms with van der Waals surface area (Å²) < 4.78 is 12.3. The van der Waals surface area contributed by atoms with Gasteiger partial charge in [-0.1, -0.05) is 67.9 Å². The Balaban J connectivity index is 1.63. The van der Waals surface area contributed by atoms with Gasteiger partial charge in [0.25, 0.3) is 0 Å². The van der Waals surface area contributed by atoms with Crippen LogP contribution in [0.15, 0.2) is 58.1 Å². The van der Waals surface area contributed by atoms with E-state index < -0.39 is 10.8 Å². The van der Waals surface area contributed by atoms with Gasteiger partial charge >= 0.3 is 0 Å². The van der Waals surface area contributed by atoms with Crippen molar-refractivity contribution in [1.82, 2.24) is 0 Å². The molecule has 0 bridgehead atoms. The minimum atomic E-state index is -0.781. The molecule has 0 heterocycles. The van der Waals surface area contributed by atoms with Crippen molar-refractivity contribution in [2.24, 2.45) is 11.3 Å². The van der Waals surface area contributed by atoms with Crippen molar-refractivity contribution in [3.63, 3.8) is 0 Å². The first-order chi connectivity index (χ1) is 14.5. The molecule has 3 aliphatic rings. The van der Waals surface area contributed by atoms with Crippen LogP contribution in [-0.4, -0.2) is 9.96 Å². The van der Waals surface area contributed by atoms with Crippen molar-refractivity contribution >= 4 is 10.8 Å². The molecule has 30 heavy (non-hydrogen) atoms. The molecule has 0 aromatic heterocycles. The lowest BCUT2D eigenvalue weighted by Crippen LogP contribution is -2.30. The Bertz CT molecular complexity index is 778. The highest BCUT2D eigenvalue weighted by Gasteiger charge is 2.44. The Kier molecular flexibility index (Phi) is 8.57. The van der Waals surface area contributed by atoms with Gasteiger partial charge < -0.3 is 0 Å². The van der Waals surface area contributed by atoms with Crippen LogP contribution >= 0.6 is 0 Å². The molecule has 3 aliphatic carbocycles. The maximum Gasteiger partial charge on any atom is 0.0482 e. The van der Waals surface area contributed by atoms with Crippen LogP contribution in [0.4, 0.5) is 0 Å². The zero-order chi connectivity index (χ0) is 21.6. The van der Waals surface area contributed by atoms with E-state index in [4.69, 9.17) is 0 Å². The van der Waals surface area contributed by atoms with Gasteiger partial charge in [-0.25, -0.2) is 0 Å². The van der Waals surface area contributed by atoms with Crippen LogP contribution in [0.3, 0.4) is 0 Å². The van der Waals surface area contributed by atoms with Crippen LogP contribution in [-0.2, 0) is 10.8 Å². The summed E-state index contributed by atoms with van der Waals surface area (Å²) in [7, 11) is -0.781. The van der Waals surface area contributed by atoms with Gasteiger partial charge in [0, 0.05) is 21.5 Å². The molecule has 2 saturated carbocycles. The highest BCUT2D eigenvalue weighted by atomic mass is 32.2. The lowest BCUT2D eigenvalue weighted by atomic mass is 9.63. The monoisotopic (exact) mass is 426 g/mol.